The molecular weight excluding hydrogens is 244 g/mol. The summed E-state index contributed by atoms with van der Waals surface area (Å²) in [6.07, 6.45) is -0.104. The van der Waals surface area contributed by atoms with Crippen molar-refractivity contribution in [2.24, 2.45) is 5.92 Å². The topological polar surface area (TPSA) is 63.4 Å². The number of nitrogens with zero attached hydrogens (tertiary/aromatic N) is 3. The Kier molecular flexibility index (Phi) is 4.90. The third-order valence-electron chi connectivity index (χ3n) is 3.63. The fourth-order valence-electron chi connectivity index (χ4n) is 2.43. The number of hydrogen-bond donors (Lipinski definition) is 1. The van der Waals surface area contributed by atoms with Gasteiger partial charge < -0.3 is 14.6 Å². The van der Waals surface area contributed by atoms with Gasteiger partial charge in [-0.2, -0.15) is 4.98 Å². The van der Waals surface area contributed by atoms with Gasteiger partial charge in [0.15, 0.2) is 0 Å². The highest BCUT2D eigenvalue weighted by Gasteiger charge is 2.26. The van der Waals surface area contributed by atoms with Crippen LogP contribution < -0.4 is 5.32 Å². The van der Waals surface area contributed by atoms with E-state index in [1.165, 1.54) is 0 Å². The van der Waals surface area contributed by atoms with E-state index in [4.69, 9.17) is 9.26 Å². The first-order chi connectivity index (χ1) is 9.13. The largest absolute Gasteiger partial charge is 0.373 e. The van der Waals surface area contributed by atoms with Crippen LogP contribution in [0.3, 0.4) is 0 Å². The van der Waals surface area contributed by atoms with Crippen LogP contribution in [0.2, 0.25) is 0 Å². The quantitative estimate of drug-likeness (QED) is 0.870. The van der Waals surface area contributed by atoms with Gasteiger partial charge in [0.25, 0.3) is 0 Å². The second kappa shape index (κ2) is 6.45. The molecule has 1 N–H and O–H groups in total. The van der Waals surface area contributed by atoms with Crippen molar-refractivity contribution in [3.8, 4) is 0 Å². The van der Waals surface area contributed by atoms with Crippen LogP contribution in [-0.2, 0) is 4.74 Å². The highest BCUT2D eigenvalue weighted by Crippen LogP contribution is 2.25. The van der Waals surface area contributed by atoms with Crippen molar-refractivity contribution >= 4 is 0 Å². The molecule has 1 aromatic heterocycles. The predicted molar refractivity (Wildman–Crippen MR) is 71.7 cm³/mol. The summed E-state index contributed by atoms with van der Waals surface area (Å²) in [6, 6.07) is 0.160. The van der Waals surface area contributed by atoms with Crippen molar-refractivity contribution < 1.29 is 9.26 Å². The summed E-state index contributed by atoms with van der Waals surface area (Å²) in [7, 11) is 1.68. The molecule has 1 fully saturated rings. The lowest BCUT2D eigenvalue weighted by Crippen LogP contribution is -2.44. The van der Waals surface area contributed by atoms with Gasteiger partial charge in [-0.05, 0) is 12.8 Å². The van der Waals surface area contributed by atoms with Crippen molar-refractivity contribution in [1.29, 1.82) is 0 Å². The van der Waals surface area contributed by atoms with E-state index in [-0.39, 0.29) is 12.1 Å². The van der Waals surface area contributed by atoms with Crippen molar-refractivity contribution in [1.82, 2.24) is 20.4 Å². The Labute approximate surface area is 114 Å². The normalized spacial score (nSPS) is 20.7. The Morgan fingerprint density at radius 1 is 1.26 bits per heavy atom. The Balaban J connectivity index is 2.06. The Bertz CT molecular complexity index is 388. The minimum atomic E-state index is -0.104. The lowest BCUT2D eigenvalue weighted by Gasteiger charge is -2.30. The van der Waals surface area contributed by atoms with Gasteiger partial charge in [0.2, 0.25) is 11.7 Å². The monoisotopic (exact) mass is 268 g/mol. The summed E-state index contributed by atoms with van der Waals surface area (Å²) in [5.74, 6) is 1.65. The smallest absolute Gasteiger partial charge is 0.243 e. The fourth-order valence-corrected chi connectivity index (χ4v) is 2.43. The molecule has 0 radical (unpaired) electrons. The number of rotatable bonds is 5. The second-order valence-corrected chi connectivity index (χ2v) is 5.35. The molecule has 108 valence electrons. The molecule has 1 aliphatic heterocycles. The molecule has 2 rings (SSSR count). The SMILES string of the molecule is COC(c1noc(C(C)N2CCNCC2)n1)C(C)C. The predicted octanol–water partition coefficient (Wildman–Crippen LogP) is 1.38. The molecule has 0 aliphatic carbocycles. The molecule has 0 saturated carbocycles. The number of piperazine rings is 1. The molecule has 6 nitrogen and oxygen atoms in total. The molecule has 0 bridgehead atoms. The molecule has 0 aromatic carbocycles. The van der Waals surface area contributed by atoms with Gasteiger partial charge in [-0.3, -0.25) is 4.90 Å². The number of nitrogens with one attached hydrogen (secondary N) is 1. The third kappa shape index (κ3) is 3.32. The highest BCUT2D eigenvalue weighted by molar-refractivity contribution is 4.97. The van der Waals surface area contributed by atoms with E-state index in [0.29, 0.717) is 17.6 Å². The average Bonchev–Trinajstić information content (AvgIpc) is 2.89. The Morgan fingerprint density at radius 2 is 1.95 bits per heavy atom. The van der Waals surface area contributed by atoms with E-state index in [9.17, 15) is 0 Å². The minimum absolute atomic E-state index is 0.104. The van der Waals surface area contributed by atoms with Crippen molar-refractivity contribution in [2.45, 2.75) is 32.9 Å². The third-order valence-corrected chi connectivity index (χ3v) is 3.63. The first-order valence-corrected chi connectivity index (χ1v) is 6.94. The number of aromatic nitrogens is 2. The molecule has 2 unspecified atom stereocenters. The maximum absolute atomic E-state index is 5.43. The molecule has 19 heavy (non-hydrogen) atoms. The Morgan fingerprint density at radius 3 is 2.53 bits per heavy atom. The summed E-state index contributed by atoms with van der Waals surface area (Å²) >= 11 is 0. The standard InChI is InChI=1S/C13H24N4O2/c1-9(2)11(18-4)12-15-13(19-16-12)10(3)17-7-5-14-6-8-17/h9-11,14H,5-8H2,1-4H3. The summed E-state index contributed by atoms with van der Waals surface area (Å²) in [4.78, 5) is 6.87. The van der Waals surface area contributed by atoms with Gasteiger partial charge in [0.1, 0.15) is 6.10 Å². The number of hydrogen-bond acceptors (Lipinski definition) is 6. The zero-order chi connectivity index (χ0) is 13.8. The molecular formula is C13H24N4O2. The molecule has 0 amide bonds. The lowest BCUT2D eigenvalue weighted by atomic mass is 10.1. The molecule has 1 saturated heterocycles. The molecule has 2 atom stereocenters. The second-order valence-electron chi connectivity index (χ2n) is 5.35. The molecule has 1 aromatic rings. The van der Waals surface area contributed by atoms with Gasteiger partial charge in [0.05, 0.1) is 6.04 Å². The fraction of sp³-hybridized carbons (Fsp3) is 0.846. The van der Waals surface area contributed by atoms with E-state index in [1.807, 2.05) is 0 Å². The van der Waals surface area contributed by atoms with Crippen molar-refractivity contribution in [3.63, 3.8) is 0 Å². The van der Waals surface area contributed by atoms with Crippen LogP contribution in [0.5, 0.6) is 0 Å². The van der Waals surface area contributed by atoms with E-state index in [2.05, 4.69) is 41.1 Å². The van der Waals surface area contributed by atoms with E-state index in [1.54, 1.807) is 7.11 Å². The van der Waals surface area contributed by atoms with Gasteiger partial charge in [-0.15, -0.1) is 0 Å². The summed E-state index contributed by atoms with van der Waals surface area (Å²) in [5, 5.41) is 7.41. The van der Waals surface area contributed by atoms with Crippen LogP contribution in [0.25, 0.3) is 0 Å². The zero-order valence-corrected chi connectivity index (χ0v) is 12.2. The van der Waals surface area contributed by atoms with Gasteiger partial charge in [-0.25, -0.2) is 0 Å². The molecule has 6 heteroatoms. The van der Waals surface area contributed by atoms with Crippen molar-refractivity contribution in [3.05, 3.63) is 11.7 Å². The highest BCUT2D eigenvalue weighted by atomic mass is 16.5. The average molecular weight is 268 g/mol. The van der Waals surface area contributed by atoms with Crippen LogP contribution in [0, 0.1) is 5.92 Å². The van der Waals surface area contributed by atoms with Crippen LogP contribution >= 0.6 is 0 Å². The number of ether oxygens (including phenoxy) is 1. The zero-order valence-electron chi connectivity index (χ0n) is 12.2. The molecule has 2 heterocycles. The molecule has 1 aliphatic rings. The minimum Gasteiger partial charge on any atom is -0.373 e. The van der Waals surface area contributed by atoms with Crippen LogP contribution in [-0.4, -0.2) is 48.3 Å². The summed E-state index contributed by atoms with van der Waals surface area (Å²) in [5.41, 5.74) is 0. The summed E-state index contributed by atoms with van der Waals surface area (Å²) in [6.45, 7) is 10.3. The Hall–Kier alpha value is -0.980. The van der Waals surface area contributed by atoms with Gasteiger partial charge in [0, 0.05) is 33.3 Å². The van der Waals surface area contributed by atoms with Gasteiger partial charge >= 0.3 is 0 Å². The number of methoxy groups -OCH3 is 1. The molecule has 0 spiro atoms. The van der Waals surface area contributed by atoms with E-state index < -0.39 is 0 Å². The van der Waals surface area contributed by atoms with E-state index >= 15 is 0 Å². The van der Waals surface area contributed by atoms with E-state index in [0.717, 1.165) is 26.2 Å². The first kappa shape index (κ1) is 14.4. The maximum atomic E-state index is 5.43. The van der Waals surface area contributed by atoms with Crippen LogP contribution in [0.4, 0.5) is 0 Å². The van der Waals surface area contributed by atoms with Crippen molar-refractivity contribution in [2.75, 3.05) is 33.3 Å². The first-order valence-electron chi connectivity index (χ1n) is 6.94. The van der Waals surface area contributed by atoms with Gasteiger partial charge in [-0.1, -0.05) is 19.0 Å². The van der Waals surface area contributed by atoms with Crippen LogP contribution in [0.1, 0.15) is 44.6 Å². The maximum Gasteiger partial charge on any atom is 0.243 e. The summed E-state index contributed by atoms with van der Waals surface area (Å²) < 4.78 is 10.8. The lowest BCUT2D eigenvalue weighted by molar-refractivity contribution is 0.0555. The van der Waals surface area contributed by atoms with Crippen LogP contribution in [0.15, 0.2) is 4.52 Å².